The molecule has 1 N–H and O–H groups in total. The van der Waals surface area contributed by atoms with Crippen LogP contribution < -0.4 is 5.32 Å². The maximum Gasteiger partial charge on any atom is 0.0302 e. The Kier molecular flexibility index (Phi) is 6.07. The summed E-state index contributed by atoms with van der Waals surface area (Å²) in [4.78, 5) is 2.87. The van der Waals surface area contributed by atoms with Crippen LogP contribution in [0.1, 0.15) is 49.8 Å². The molecule has 0 radical (unpaired) electrons. The van der Waals surface area contributed by atoms with E-state index in [1.807, 2.05) is 11.3 Å². The van der Waals surface area contributed by atoms with Crippen LogP contribution in [0.3, 0.4) is 0 Å². The summed E-state index contributed by atoms with van der Waals surface area (Å²) in [6.45, 7) is 10.1. The number of thiophene rings is 1. The van der Waals surface area contributed by atoms with Gasteiger partial charge in [0.2, 0.25) is 0 Å². The number of nitrogens with one attached hydrogen (secondary N) is 1. The number of rotatable bonds is 7. The predicted molar refractivity (Wildman–Crippen MR) is 74.0 cm³/mol. The normalized spacial score (nSPS) is 15.0. The van der Waals surface area contributed by atoms with Gasteiger partial charge in [-0.1, -0.05) is 27.2 Å². The van der Waals surface area contributed by atoms with E-state index in [0.29, 0.717) is 6.04 Å². The van der Waals surface area contributed by atoms with Crippen molar-refractivity contribution >= 4 is 11.3 Å². The molecule has 1 heterocycles. The smallest absolute Gasteiger partial charge is 0.0302 e. The number of hydrogen-bond acceptors (Lipinski definition) is 2. The van der Waals surface area contributed by atoms with Gasteiger partial charge in [-0.15, -0.1) is 11.3 Å². The Morgan fingerprint density at radius 1 is 1.25 bits per heavy atom. The van der Waals surface area contributed by atoms with Gasteiger partial charge in [0, 0.05) is 22.3 Å². The van der Waals surface area contributed by atoms with E-state index in [1.165, 1.54) is 29.0 Å². The van der Waals surface area contributed by atoms with E-state index in [4.69, 9.17) is 0 Å². The lowest BCUT2D eigenvalue weighted by Crippen LogP contribution is -2.29. The third-order valence-corrected chi connectivity index (χ3v) is 4.24. The van der Waals surface area contributed by atoms with Gasteiger partial charge in [-0.2, -0.15) is 0 Å². The first kappa shape index (κ1) is 13.7. The minimum atomic E-state index is 0.678. The fraction of sp³-hybridized carbons (Fsp3) is 0.714. The van der Waals surface area contributed by atoms with Crippen molar-refractivity contribution in [1.82, 2.24) is 5.32 Å². The van der Waals surface area contributed by atoms with Gasteiger partial charge in [-0.25, -0.2) is 0 Å². The average molecular weight is 239 g/mol. The first-order chi connectivity index (χ1) is 7.65. The Morgan fingerprint density at radius 2 is 2.00 bits per heavy atom. The summed E-state index contributed by atoms with van der Waals surface area (Å²) in [5.41, 5.74) is 0. The molecule has 0 aromatic carbocycles. The molecule has 0 saturated carbocycles. The molecule has 1 aromatic rings. The van der Waals surface area contributed by atoms with Gasteiger partial charge < -0.3 is 5.32 Å². The molecular formula is C14H25NS. The molecule has 1 nitrogen and oxygen atoms in total. The van der Waals surface area contributed by atoms with Gasteiger partial charge in [-0.3, -0.25) is 0 Å². The molecule has 0 spiro atoms. The first-order valence-corrected chi connectivity index (χ1v) is 7.26. The van der Waals surface area contributed by atoms with Crippen LogP contribution in [0.5, 0.6) is 0 Å². The molecule has 0 aliphatic rings. The lowest BCUT2D eigenvalue weighted by molar-refractivity contribution is 0.385. The fourth-order valence-corrected chi connectivity index (χ4v) is 2.71. The maximum atomic E-state index is 3.67. The second-order valence-electron chi connectivity index (χ2n) is 4.75. The Morgan fingerprint density at radius 3 is 2.50 bits per heavy atom. The van der Waals surface area contributed by atoms with Crippen LogP contribution in [0.2, 0.25) is 0 Å². The summed E-state index contributed by atoms with van der Waals surface area (Å²) in [7, 11) is 0. The highest BCUT2D eigenvalue weighted by atomic mass is 32.1. The van der Waals surface area contributed by atoms with Crippen molar-refractivity contribution in [3.63, 3.8) is 0 Å². The van der Waals surface area contributed by atoms with Gasteiger partial charge in [0.1, 0.15) is 0 Å². The summed E-state index contributed by atoms with van der Waals surface area (Å²) in [6, 6.07) is 5.12. The van der Waals surface area contributed by atoms with Crippen LogP contribution >= 0.6 is 11.3 Å². The molecule has 0 aliphatic carbocycles. The monoisotopic (exact) mass is 239 g/mol. The largest absolute Gasteiger partial charge is 0.309 e. The van der Waals surface area contributed by atoms with Gasteiger partial charge >= 0.3 is 0 Å². The average Bonchev–Trinajstić information content (AvgIpc) is 2.69. The van der Waals surface area contributed by atoms with Gasteiger partial charge in [-0.05, 0) is 37.8 Å². The zero-order chi connectivity index (χ0) is 12.0. The lowest BCUT2D eigenvalue weighted by Gasteiger charge is -2.19. The van der Waals surface area contributed by atoms with Crippen LogP contribution in [-0.2, 0) is 6.54 Å². The minimum absolute atomic E-state index is 0.678. The molecule has 16 heavy (non-hydrogen) atoms. The van der Waals surface area contributed by atoms with Crippen LogP contribution in [-0.4, -0.2) is 6.04 Å². The second-order valence-corrected chi connectivity index (χ2v) is 6.12. The lowest BCUT2D eigenvalue weighted by atomic mass is 9.98. The van der Waals surface area contributed by atoms with Crippen molar-refractivity contribution in [1.29, 1.82) is 0 Å². The van der Waals surface area contributed by atoms with Gasteiger partial charge in [0.05, 0.1) is 0 Å². The standard InChI is InChI=1S/C14H25NS/c1-5-11(3)9-13(6-2)15-10-14-8-7-12(4)16-14/h7-8,11,13,15H,5-6,9-10H2,1-4H3. The van der Waals surface area contributed by atoms with Crippen LogP contribution in [0.25, 0.3) is 0 Å². The van der Waals surface area contributed by atoms with Crippen molar-refractivity contribution in [3.8, 4) is 0 Å². The predicted octanol–water partition coefficient (Wildman–Crippen LogP) is 4.36. The van der Waals surface area contributed by atoms with E-state index in [2.05, 4.69) is 45.1 Å². The summed E-state index contributed by atoms with van der Waals surface area (Å²) in [5.74, 6) is 0.836. The molecule has 0 saturated heterocycles. The van der Waals surface area contributed by atoms with Crippen LogP contribution in [0.15, 0.2) is 12.1 Å². The summed E-state index contributed by atoms with van der Waals surface area (Å²) in [6.07, 6.45) is 3.82. The SMILES string of the molecule is CCC(C)CC(CC)NCc1ccc(C)s1. The van der Waals surface area contributed by atoms with E-state index in [-0.39, 0.29) is 0 Å². The van der Waals surface area contributed by atoms with Gasteiger partial charge in [0.15, 0.2) is 0 Å². The zero-order valence-corrected chi connectivity index (χ0v) is 11.9. The Hall–Kier alpha value is -0.340. The highest BCUT2D eigenvalue weighted by molar-refractivity contribution is 7.11. The van der Waals surface area contributed by atoms with E-state index in [1.54, 1.807) is 0 Å². The molecule has 1 rings (SSSR count). The summed E-state index contributed by atoms with van der Waals surface area (Å²) < 4.78 is 0. The third kappa shape index (κ3) is 4.67. The molecule has 0 bridgehead atoms. The zero-order valence-electron chi connectivity index (χ0n) is 11.0. The molecule has 0 aliphatic heterocycles. The number of aryl methyl sites for hydroxylation is 1. The van der Waals surface area contributed by atoms with Crippen molar-refractivity contribution in [2.45, 2.75) is 59.5 Å². The minimum Gasteiger partial charge on any atom is -0.309 e. The third-order valence-electron chi connectivity index (χ3n) is 3.24. The Bertz CT molecular complexity index is 293. The summed E-state index contributed by atoms with van der Waals surface area (Å²) >= 11 is 1.90. The van der Waals surface area contributed by atoms with E-state index in [0.717, 1.165) is 12.5 Å². The highest BCUT2D eigenvalue weighted by Gasteiger charge is 2.10. The molecule has 92 valence electrons. The van der Waals surface area contributed by atoms with Crippen molar-refractivity contribution in [2.24, 2.45) is 5.92 Å². The second kappa shape index (κ2) is 7.08. The van der Waals surface area contributed by atoms with Crippen LogP contribution in [0, 0.1) is 12.8 Å². The summed E-state index contributed by atoms with van der Waals surface area (Å²) in [5, 5.41) is 3.67. The molecule has 1 aromatic heterocycles. The van der Waals surface area contributed by atoms with Crippen molar-refractivity contribution in [3.05, 3.63) is 21.9 Å². The molecule has 2 heteroatoms. The highest BCUT2D eigenvalue weighted by Crippen LogP contribution is 2.16. The molecular weight excluding hydrogens is 214 g/mol. The molecule has 2 atom stereocenters. The first-order valence-electron chi connectivity index (χ1n) is 6.44. The topological polar surface area (TPSA) is 12.0 Å². The molecule has 0 amide bonds. The maximum absolute atomic E-state index is 3.67. The fourth-order valence-electron chi connectivity index (χ4n) is 1.87. The van der Waals surface area contributed by atoms with Crippen molar-refractivity contribution in [2.75, 3.05) is 0 Å². The number of hydrogen-bond donors (Lipinski definition) is 1. The van der Waals surface area contributed by atoms with E-state index in [9.17, 15) is 0 Å². The van der Waals surface area contributed by atoms with E-state index < -0.39 is 0 Å². The van der Waals surface area contributed by atoms with Gasteiger partial charge in [0.25, 0.3) is 0 Å². The van der Waals surface area contributed by atoms with Crippen molar-refractivity contribution < 1.29 is 0 Å². The Balaban J connectivity index is 2.33. The van der Waals surface area contributed by atoms with E-state index >= 15 is 0 Å². The molecule has 0 fully saturated rings. The molecule has 2 unspecified atom stereocenters. The quantitative estimate of drug-likeness (QED) is 0.745. The van der Waals surface area contributed by atoms with Crippen LogP contribution in [0.4, 0.5) is 0 Å². The Labute approximate surface area is 104 Å².